The highest BCUT2D eigenvalue weighted by Gasteiger charge is 2.26. The number of aromatic nitrogens is 1. The van der Waals surface area contributed by atoms with Crippen LogP contribution in [0, 0.1) is 0 Å². The fourth-order valence-corrected chi connectivity index (χ4v) is 4.11. The molecule has 30 heavy (non-hydrogen) atoms. The van der Waals surface area contributed by atoms with Crippen molar-refractivity contribution in [3.63, 3.8) is 0 Å². The van der Waals surface area contributed by atoms with Crippen LogP contribution in [0.15, 0.2) is 73.1 Å². The Bertz CT molecular complexity index is 940. The number of aliphatic hydroxyl groups excluding tert-OH is 1. The Balaban J connectivity index is 1.57. The number of benzene rings is 2. The second-order valence-electron chi connectivity index (χ2n) is 7.94. The molecular formula is C25H28N2O3. The normalized spacial score (nSPS) is 19.0. The maximum atomic E-state index is 9.96. The Kier molecular flexibility index (Phi) is 6.62. The van der Waals surface area contributed by atoms with Gasteiger partial charge in [-0.1, -0.05) is 30.3 Å². The zero-order chi connectivity index (χ0) is 20.8. The molecule has 4 rings (SSSR count). The third-order valence-electron chi connectivity index (χ3n) is 5.69. The van der Waals surface area contributed by atoms with Gasteiger partial charge in [-0.15, -0.1) is 0 Å². The first-order valence-electron chi connectivity index (χ1n) is 10.5. The van der Waals surface area contributed by atoms with Gasteiger partial charge in [0, 0.05) is 30.9 Å². The van der Waals surface area contributed by atoms with Gasteiger partial charge in [0.2, 0.25) is 0 Å². The standard InChI is InChI=1S/C25H28N2O3/c28-22-12-10-21(11-13-22)27(17-19-5-3-7-23(29)15-19)18-20-6-1-2-9-25(20)30-24-8-4-14-26-16-24/h1-9,14-16,21-22,28-29H,10-13,17-18H2. The lowest BCUT2D eigenvalue weighted by atomic mass is 9.91. The number of ether oxygens (including phenoxy) is 1. The van der Waals surface area contributed by atoms with E-state index < -0.39 is 0 Å². The first kappa shape index (κ1) is 20.4. The lowest BCUT2D eigenvalue weighted by Crippen LogP contribution is -2.38. The molecule has 0 spiro atoms. The van der Waals surface area contributed by atoms with Crippen LogP contribution in [-0.2, 0) is 13.1 Å². The maximum absolute atomic E-state index is 9.96. The van der Waals surface area contributed by atoms with Crippen LogP contribution in [0.3, 0.4) is 0 Å². The summed E-state index contributed by atoms with van der Waals surface area (Å²) in [6.45, 7) is 1.46. The number of phenols is 1. The van der Waals surface area contributed by atoms with Crippen molar-refractivity contribution in [1.82, 2.24) is 9.88 Å². The Morgan fingerprint density at radius 1 is 0.933 bits per heavy atom. The monoisotopic (exact) mass is 404 g/mol. The molecule has 1 aliphatic rings. The summed E-state index contributed by atoms with van der Waals surface area (Å²) >= 11 is 0. The topological polar surface area (TPSA) is 65.8 Å². The van der Waals surface area contributed by atoms with Gasteiger partial charge in [0.1, 0.15) is 17.2 Å². The van der Waals surface area contributed by atoms with Crippen LogP contribution in [-0.4, -0.2) is 32.2 Å². The van der Waals surface area contributed by atoms with Crippen molar-refractivity contribution in [1.29, 1.82) is 0 Å². The Morgan fingerprint density at radius 3 is 2.53 bits per heavy atom. The van der Waals surface area contributed by atoms with Gasteiger partial charge in [0.15, 0.2) is 0 Å². The van der Waals surface area contributed by atoms with Gasteiger partial charge in [-0.2, -0.15) is 0 Å². The maximum Gasteiger partial charge on any atom is 0.145 e. The molecule has 0 radical (unpaired) electrons. The highest BCUT2D eigenvalue weighted by molar-refractivity contribution is 5.37. The van der Waals surface area contributed by atoms with E-state index >= 15 is 0 Å². The summed E-state index contributed by atoms with van der Waals surface area (Å²) in [7, 11) is 0. The number of nitrogens with zero attached hydrogens (tertiary/aromatic N) is 2. The average molecular weight is 405 g/mol. The number of para-hydroxylation sites is 1. The second kappa shape index (κ2) is 9.74. The van der Waals surface area contributed by atoms with Gasteiger partial charge in [-0.05, 0) is 61.6 Å². The summed E-state index contributed by atoms with van der Waals surface area (Å²) in [5.74, 6) is 1.82. The van der Waals surface area contributed by atoms with Gasteiger partial charge in [0.05, 0.1) is 12.3 Å². The molecule has 0 atom stereocenters. The van der Waals surface area contributed by atoms with Gasteiger partial charge in [-0.25, -0.2) is 0 Å². The highest BCUT2D eigenvalue weighted by atomic mass is 16.5. The summed E-state index contributed by atoms with van der Waals surface area (Å²) in [6, 6.07) is 19.7. The number of phenolic OH excluding ortho intramolecular Hbond substituents is 1. The molecule has 2 aromatic carbocycles. The number of rotatable bonds is 7. The molecule has 1 fully saturated rings. The molecule has 0 bridgehead atoms. The number of aliphatic hydroxyl groups is 1. The van der Waals surface area contributed by atoms with Crippen LogP contribution >= 0.6 is 0 Å². The number of hydrogen-bond donors (Lipinski definition) is 2. The molecule has 5 heteroatoms. The van der Waals surface area contributed by atoms with Crippen molar-refractivity contribution >= 4 is 0 Å². The zero-order valence-electron chi connectivity index (χ0n) is 17.0. The zero-order valence-corrected chi connectivity index (χ0v) is 17.0. The van der Waals surface area contributed by atoms with E-state index in [1.807, 2.05) is 48.5 Å². The van der Waals surface area contributed by atoms with Crippen molar-refractivity contribution in [2.45, 2.75) is 50.9 Å². The molecule has 156 valence electrons. The van der Waals surface area contributed by atoms with Crippen molar-refractivity contribution in [3.8, 4) is 17.2 Å². The van der Waals surface area contributed by atoms with Crippen molar-refractivity contribution in [3.05, 3.63) is 84.2 Å². The van der Waals surface area contributed by atoms with Crippen molar-refractivity contribution in [2.75, 3.05) is 0 Å². The van der Waals surface area contributed by atoms with Crippen LogP contribution in [0.5, 0.6) is 17.2 Å². The van der Waals surface area contributed by atoms with Crippen molar-refractivity contribution in [2.24, 2.45) is 0 Å². The van der Waals surface area contributed by atoms with Crippen LogP contribution in [0.25, 0.3) is 0 Å². The van der Waals surface area contributed by atoms with Crippen LogP contribution < -0.4 is 4.74 Å². The van der Waals surface area contributed by atoms with Gasteiger partial charge in [-0.3, -0.25) is 9.88 Å². The van der Waals surface area contributed by atoms with Gasteiger partial charge >= 0.3 is 0 Å². The summed E-state index contributed by atoms with van der Waals surface area (Å²) in [6.07, 6.45) is 6.84. The van der Waals surface area contributed by atoms with E-state index in [0.717, 1.165) is 55.6 Å². The third-order valence-corrected chi connectivity index (χ3v) is 5.69. The number of pyridine rings is 1. The highest BCUT2D eigenvalue weighted by Crippen LogP contribution is 2.30. The van der Waals surface area contributed by atoms with E-state index in [4.69, 9.17) is 4.74 Å². The molecule has 1 aliphatic carbocycles. The lowest BCUT2D eigenvalue weighted by Gasteiger charge is -2.36. The molecule has 0 unspecified atom stereocenters. The summed E-state index contributed by atoms with van der Waals surface area (Å²) in [5.41, 5.74) is 2.18. The van der Waals surface area contributed by atoms with E-state index in [2.05, 4.69) is 16.0 Å². The Hall–Kier alpha value is -2.89. The molecule has 0 aliphatic heterocycles. The van der Waals surface area contributed by atoms with Crippen LogP contribution in [0.2, 0.25) is 0 Å². The summed E-state index contributed by atoms with van der Waals surface area (Å²) < 4.78 is 6.11. The first-order chi connectivity index (χ1) is 14.7. The largest absolute Gasteiger partial charge is 0.508 e. The van der Waals surface area contributed by atoms with E-state index in [1.54, 1.807) is 18.5 Å². The average Bonchev–Trinajstić information content (AvgIpc) is 2.76. The summed E-state index contributed by atoms with van der Waals surface area (Å²) in [4.78, 5) is 6.57. The smallest absolute Gasteiger partial charge is 0.145 e. The minimum atomic E-state index is -0.190. The second-order valence-corrected chi connectivity index (χ2v) is 7.94. The number of aromatic hydroxyl groups is 1. The SMILES string of the molecule is Oc1cccc(CN(Cc2ccccc2Oc2cccnc2)C2CCC(O)CC2)c1. The fourth-order valence-electron chi connectivity index (χ4n) is 4.11. The van der Waals surface area contributed by atoms with Crippen LogP contribution in [0.4, 0.5) is 0 Å². The number of hydrogen-bond acceptors (Lipinski definition) is 5. The Labute approximate surface area is 177 Å². The predicted octanol–water partition coefficient (Wildman–Crippen LogP) is 4.89. The molecular weight excluding hydrogens is 376 g/mol. The van der Waals surface area contributed by atoms with E-state index in [-0.39, 0.29) is 11.9 Å². The Morgan fingerprint density at radius 2 is 1.77 bits per heavy atom. The molecule has 5 nitrogen and oxygen atoms in total. The first-order valence-corrected chi connectivity index (χ1v) is 10.5. The van der Waals surface area contributed by atoms with E-state index in [0.29, 0.717) is 11.8 Å². The van der Waals surface area contributed by atoms with Crippen molar-refractivity contribution < 1.29 is 14.9 Å². The molecule has 2 N–H and O–H groups in total. The molecule has 0 saturated heterocycles. The minimum absolute atomic E-state index is 0.190. The van der Waals surface area contributed by atoms with Crippen LogP contribution in [0.1, 0.15) is 36.8 Å². The minimum Gasteiger partial charge on any atom is -0.508 e. The quantitative estimate of drug-likeness (QED) is 0.587. The van der Waals surface area contributed by atoms with Gasteiger partial charge in [0.25, 0.3) is 0 Å². The lowest BCUT2D eigenvalue weighted by molar-refractivity contribution is 0.0662. The van der Waals surface area contributed by atoms with E-state index in [1.165, 1.54) is 0 Å². The molecule has 0 amide bonds. The third kappa shape index (κ3) is 5.38. The fraction of sp³-hybridized carbons (Fsp3) is 0.320. The molecule has 3 aromatic rings. The molecule has 1 saturated carbocycles. The predicted molar refractivity (Wildman–Crippen MR) is 116 cm³/mol. The molecule has 1 heterocycles. The van der Waals surface area contributed by atoms with Gasteiger partial charge < -0.3 is 14.9 Å². The van der Waals surface area contributed by atoms with E-state index in [9.17, 15) is 10.2 Å². The molecule has 1 aromatic heterocycles. The summed E-state index contributed by atoms with van der Waals surface area (Å²) in [5, 5.41) is 19.8.